The molecule has 1 saturated heterocycles. The minimum atomic E-state index is -0.596. The van der Waals surface area contributed by atoms with E-state index in [4.69, 9.17) is 4.74 Å². The number of carbonyl (C=O) groups excluding carboxylic acids is 1. The molecule has 17 heavy (non-hydrogen) atoms. The summed E-state index contributed by atoms with van der Waals surface area (Å²) in [6.07, 6.45) is 5.46. The molecular formula is C12H18N2O2S. The normalized spacial score (nSPS) is 23.8. The van der Waals surface area contributed by atoms with Crippen LogP contribution in [-0.2, 0) is 16.0 Å². The molecule has 1 atom stereocenters. The van der Waals surface area contributed by atoms with Gasteiger partial charge in [-0.1, -0.05) is 0 Å². The summed E-state index contributed by atoms with van der Waals surface area (Å²) in [5, 5.41) is 6.04. The minimum absolute atomic E-state index is 0.0224. The van der Waals surface area contributed by atoms with Crippen molar-refractivity contribution >= 4 is 17.2 Å². The number of aromatic nitrogens is 1. The van der Waals surface area contributed by atoms with Crippen molar-refractivity contribution < 1.29 is 9.53 Å². The summed E-state index contributed by atoms with van der Waals surface area (Å²) >= 11 is 1.66. The van der Waals surface area contributed by atoms with Crippen molar-refractivity contribution in [3.05, 3.63) is 16.6 Å². The predicted molar refractivity (Wildman–Crippen MR) is 67.0 cm³/mol. The van der Waals surface area contributed by atoms with Crippen LogP contribution in [0.15, 0.2) is 11.6 Å². The average Bonchev–Trinajstić information content (AvgIpc) is 2.96. The van der Waals surface area contributed by atoms with Crippen LogP contribution in [0.3, 0.4) is 0 Å². The average molecular weight is 254 g/mol. The molecule has 0 radical (unpaired) electrons. The van der Waals surface area contributed by atoms with Crippen LogP contribution in [0.25, 0.3) is 0 Å². The smallest absolute Gasteiger partial charge is 0.251 e. The van der Waals surface area contributed by atoms with Gasteiger partial charge in [-0.25, -0.2) is 4.98 Å². The van der Waals surface area contributed by atoms with E-state index < -0.39 is 5.60 Å². The monoisotopic (exact) mass is 254 g/mol. The van der Waals surface area contributed by atoms with Crippen molar-refractivity contribution in [3.8, 4) is 0 Å². The van der Waals surface area contributed by atoms with E-state index in [1.54, 1.807) is 11.3 Å². The Morgan fingerprint density at radius 1 is 1.71 bits per heavy atom. The zero-order chi connectivity index (χ0) is 12.1. The number of hydrogen-bond acceptors (Lipinski definition) is 4. The fourth-order valence-corrected chi connectivity index (χ4v) is 2.63. The minimum Gasteiger partial charge on any atom is -0.365 e. The summed E-state index contributed by atoms with van der Waals surface area (Å²) in [6.45, 7) is 3.26. The molecular weight excluding hydrogens is 236 g/mol. The molecule has 1 aliphatic heterocycles. The highest BCUT2D eigenvalue weighted by molar-refractivity contribution is 7.09. The van der Waals surface area contributed by atoms with E-state index in [9.17, 15) is 4.79 Å². The molecule has 1 N–H and O–H groups in total. The quantitative estimate of drug-likeness (QED) is 0.815. The van der Waals surface area contributed by atoms with Crippen molar-refractivity contribution in [1.29, 1.82) is 0 Å². The second kappa shape index (κ2) is 5.60. The largest absolute Gasteiger partial charge is 0.365 e. The maximum atomic E-state index is 11.9. The fourth-order valence-electron chi connectivity index (χ4n) is 1.96. The maximum absolute atomic E-state index is 11.9. The molecule has 2 rings (SSSR count). The third kappa shape index (κ3) is 3.26. The summed E-state index contributed by atoms with van der Waals surface area (Å²) in [7, 11) is 0. The first-order valence-corrected chi connectivity index (χ1v) is 6.89. The van der Waals surface area contributed by atoms with Crippen molar-refractivity contribution in [2.45, 2.75) is 38.2 Å². The molecule has 0 aromatic carbocycles. The van der Waals surface area contributed by atoms with Gasteiger partial charge in [0.1, 0.15) is 5.60 Å². The van der Waals surface area contributed by atoms with E-state index in [1.807, 2.05) is 18.5 Å². The first-order chi connectivity index (χ1) is 8.21. The van der Waals surface area contributed by atoms with Crippen molar-refractivity contribution in [2.75, 3.05) is 13.2 Å². The van der Waals surface area contributed by atoms with Crippen LogP contribution >= 0.6 is 11.3 Å². The number of hydrogen-bond donors (Lipinski definition) is 1. The summed E-state index contributed by atoms with van der Waals surface area (Å²) in [5.74, 6) is 0.0224. The summed E-state index contributed by atoms with van der Waals surface area (Å²) in [6, 6.07) is 0. The predicted octanol–water partition coefficient (Wildman–Crippen LogP) is 1.76. The molecule has 1 aromatic rings. The molecule has 4 nitrogen and oxygen atoms in total. The Balaban J connectivity index is 1.66. The van der Waals surface area contributed by atoms with Gasteiger partial charge in [-0.05, 0) is 26.2 Å². The van der Waals surface area contributed by atoms with Gasteiger partial charge >= 0.3 is 0 Å². The number of nitrogens with zero attached hydrogens (tertiary/aromatic N) is 1. The Bertz CT molecular complexity index is 359. The molecule has 1 amide bonds. The third-order valence-electron chi connectivity index (χ3n) is 3.04. The first-order valence-electron chi connectivity index (χ1n) is 6.01. The van der Waals surface area contributed by atoms with Gasteiger partial charge in [0.2, 0.25) is 0 Å². The molecule has 0 unspecified atom stereocenters. The SMILES string of the molecule is C[C@@]1(C(=O)NCCCc2nccs2)CCCO1. The van der Waals surface area contributed by atoms with E-state index in [-0.39, 0.29) is 5.91 Å². The lowest BCUT2D eigenvalue weighted by Crippen LogP contribution is -2.44. The molecule has 2 heterocycles. The van der Waals surface area contributed by atoms with Crippen LogP contribution in [-0.4, -0.2) is 29.6 Å². The zero-order valence-electron chi connectivity index (χ0n) is 10.1. The van der Waals surface area contributed by atoms with Crippen LogP contribution < -0.4 is 5.32 Å². The van der Waals surface area contributed by atoms with Gasteiger partial charge in [0.05, 0.1) is 5.01 Å². The number of carbonyl (C=O) groups is 1. The van der Waals surface area contributed by atoms with Crippen LogP contribution in [0.4, 0.5) is 0 Å². The molecule has 0 saturated carbocycles. The maximum Gasteiger partial charge on any atom is 0.251 e. The topological polar surface area (TPSA) is 51.2 Å². The van der Waals surface area contributed by atoms with Crippen LogP contribution in [0.1, 0.15) is 31.2 Å². The number of rotatable bonds is 5. The van der Waals surface area contributed by atoms with Crippen LogP contribution in [0, 0.1) is 0 Å². The second-order valence-corrected chi connectivity index (χ2v) is 5.45. The number of thiazole rings is 1. The Morgan fingerprint density at radius 2 is 2.59 bits per heavy atom. The van der Waals surface area contributed by atoms with Crippen molar-refractivity contribution in [3.63, 3.8) is 0 Å². The summed E-state index contributed by atoms with van der Waals surface area (Å²) in [4.78, 5) is 16.1. The van der Waals surface area contributed by atoms with Gasteiger partial charge in [0.15, 0.2) is 0 Å². The first kappa shape index (κ1) is 12.5. The number of aryl methyl sites for hydroxylation is 1. The highest BCUT2D eigenvalue weighted by atomic mass is 32.1. The molecule has 0 aliphatic carbocycles. The standard InChI is InChI=1S/C12H18N2O2S/c1-12(5-3-8-16-12)11(15)14-6-2-4-10-13-7-9-17-10/h7,9H,2-6,8H2,1H3,(H,14,15)/t12-/m0/s1. The van der Waals surface area contributed by atoms with Gasteiger partial charge < -0.3 is 10.1 Å². The van der Waals surface area contributed by atoms with Gasteiger partial charge in [0.25, 0.3) is 5.91 Å². The van der Waals surface area contributed by atoms with E-state index >= 15 is 0 Å². The lowest BCUT2D eigenvalue weighted by Gasteiger charge is -2.21. The summed E-state index contributed by atoms with van der Waals surface area (Å²) in [5.41, 5.74) is -0.596. The molecule has 1 fully saturated rings. The molecule has 1 aromatic heterocycles. The number of nitrogens with one attached hydrogen (secondary N) is 1. The van der Waals surface area contributed by atoms with Gasteiger partial charge in [-0.3, -0.25) is 4.79 Å². The van der Waals surface area contributed by atoms with Crippen LogP contribution in [0.5, 0.6) is 0 Å². The van der Waals surface area contributed by atoms with Gasteiger partial charge in [-0.15, -0.1) is 11.3 Å². The molecule has 5 heteroatoms. The lowest BCUT2D eigenvalue weighted by atomic mass is 10.0. The Morgan fingerprint density at radius 3 is 3.24 bits per heavy atom. The molecule has 0 bridgehead atoms. The van der Waals surface area contributed by atoms with Gasteiger partial charge in [-0.2, -0.15) is 0 Å². The second-order valence-electron chi connectivity index (χ2n) is 4.47. The summed E-state index contributed by atoms with van der Waals surface area (Å²) < 4.78 is 5.48. The van der Waals surface area contributed by atoms with E-state index in [1.165, 1.54) is 0 Å². The Kier molecular flexibility index (Phi) is 4.12. The van der Waals surface area contributed by atoms with E-state index in [0.29, 0.717) is 13.2 Å². The zero-order valence-corrected chi connectivity index (χ0v) is 10.9. The molecule has 0 spiro atoms. The van der Waals surface area contributed by atoms with E-state index in [0.717, 1.165) is 30.7 Å². The highest BCUT2D eigenvalue weighted by Gasteiger charge is 2.37. The van der Waals surface area contributed by atoms with Crippen molar-refractivity contribution in [1.82, 2.24) is 10.3 Å². The Hall–Kier alpha value is -0.940. The third-order valence-corrected chi connectivity index (χ3v) is 3.87. The lowest BCUT2D eigenvalue weighted by molar-refractivity contribution is -0.139. The highest BCUT2D eigenvalue weighted by Crippen LogP contribution is 2.24. The van der Waals surface area contributed by atoms with E-state index in [2.05, 4.69) is 10.3 Å². The molecule has 94 valence electrons. The number of amides is 1. The van der Waals surface area contributed by atoms with Gasteiger partial charge in [0, 0.05) is 31.1 Å². The van der Waals surface area contributed by atoms with Crippen LogP contribution in [0.2, 0.25) is 0 Å². The fraction of sp³-hybridized carbons (Fsp3) is 0.667. The number of ether oxygens (including phenoxy) is 1. The van der Waals surface area contributed by atoms with Crippen molar-refractivity contribution in [2.24, 2.45) is 0 Å². The Labute approximate surface area is 105 Å². The molecule has 1 aliphatic rings.